The minimum atomic E-state index is -0.412. The standard InChI is InChI=1S/C27H36N4O/c1-16(2)19-7-9-20(10-8-19)29-26-30-24-18(4)22(25(28)32)11-12-23(24)31(26)21-13-17(3)14-27(5,6)15-21/h7-12,16-17,21H,13-15H2,1-6H3,(H2,28,32)(H,29,30)/t17-,21+/m1/s1. The summed E-state index contributed by atoms with van der Waals surface area (Å²) in [4.78, 5) is 16.9. The molecule has 2 aromatic carbocycles. The molecule has 32 heavy (non-hydrogen) atoms. The number of aromatic nitrogens is 2. The lowest BCUT2D eigenvalue weighted by Gasteiger charge is -2.40. The maximum atomic E-state index is 11.9. The number of amides is 1. The first-order chi connectivity index (χ1) is 15.1. The quantitative estimate of drug-likeness (QED) is 0.471. The van der Waals surface area contributed by atoms with E-state index in [2.05, 4.69) is 68.8 Å². The van der Waals surface area contributed by atoms with Crippen LogP contribution in [0.3, 0.4) is 0 Å². The smallest absolute Gasteiger partial charge is 0.249 e. The molecule has 1 aliphatic rings. The second-order valence-corrected chi connectivity index (χ2v) is 10.7. The van der Waals surface area contributed by atoms with Crippen LogP contribution < -0.4 is 11.1 Å². The number of nitrogens with one attached hydrogen (secondary N) is 1. The molecule has 1 aliphatic carbocycles. The summed E-state index contributed by atoms with van der Waals surface area (Å²) in [6, 6.07) is 12.8. The maximum absolute atomic E-state index is 11.9. The molecule has 170 valence electrons. The zero-order valence-electron chi connectivity index (χ0n) is 20.2. The predicted molar refractivity (Wildman–Crippen MR) is 133 cm³/mol. The van der Waals surface area contributed by atoms with Gasteiger partial charge in [-0.2, -0.15) is 0 Å². The van der Waals surface area contributed by atoms with E-state index < -0.39 is 5.91 Å². The molecule has 5 heteroatoms. The average molecular weight is 433 g/mol. The highest BCUT2D eigenvalue weighted by molar-refractivity contribution is 5.99. The molecule has 0 radical (unpaired) electrons. The molecule has 4 rings (SSSR count). The SMILES string of the molecule is Cc1c(C(N)=O)ccc2c1nc(Nc1ccc(C(C)C)cc1)n2[C@H]1C[C@@H](C)CC(C)(C)C1. The van der Waals surface area contributed by atoms with Crippen molar-refractivity contribution in [2.45, 2.75) is 72.8 Å². The Morgan fingerprint density at radius 2 is 1.84 bits per heavy atom. The number of primary amides is 1. The van der Waals surface area contributed by atoms with Gasteiger partial charge in [0.1, 0.15) is 0 Å². The van der Waals surface area contributed by atoms with Crippen LogP contribution in [0.4, 0.5) is 11.6 Å². The molecule has 5 nitrogen and oxygen atoms in total. The number of hydrogen-bond acceptors (Lipinski definition) is 3. The number of carbonyl (C=O) groups is 1. The Hall–Kier alpha value is -2.82. The van der Waals surface area contributed by atoms with Crippen LogP contribution in [-0.4, -0.2) is 15.5 Å². The first-order valence-electron chi connectivity index (χ1n) is 11.7. The molecule has 1 amide bonds. The van der Waals surface area contributed by atoms with Crippen LogP contribution >= 0.6 is 0 Å². The van der Waals surface area contributed by atoms with Gasteiger partial charge in [-0.1, -0.05) is 46.8 Å². The highest BCUT2D eigenvalue weighted by atomic mass is 16.1. The molecule has 3 N–H and O–H groups in total. The van der Waals surface area contributed by atoms with Crippen molar-refractivity contribution >= 4 is 28.6 Å². The summed E-state index contributed by atoms with van der Waals surface area (Å²) >= 11 is 0. The molecule has 0 spiro atoms. The minimum Gasteiger partial charge on any atom is -0.366 e. The van der Waals surface area contributed by atoms with Crippen LogP contribution in [0, 0.1) is 18.3 Å². The molecule has 1 fully saturated rings. The number of nitrogens with zero attached hydrogens (tertiary/aromatic N) is 2. The fourth-order valence-corrected chi connectivity index (χ4v) is 5.59. The van der Waals surface area contributed by atoms with Gasteiger partial charge < -0.3 is 15.6 Å². The van der Waals surface area contributed by atoms with Crippen molar-refractivity contribution in [3.8, 4) is 0 Å². The van der Waals surface area contributed by atoms with Crippen molar-refractivity contribution in [2.75, 3.05) is 5.32 Å². The van der Waals surface area contributed by atoms with E-state index in [1.807, 2.05) is 19.1 Å². The average Bonchev–Trinajstić information content (AvgIpc) is 3.05. The number of anilines is 2. The van der Waals surface area contributed by atoms with E-state index in [9.17, 15) is 4.79 Å². The summed E-state index contributed by atoms with van der Waals surface area (Å²) < 4.78 is 2.36. The summed E-state index contributed by atoms with van der Waals surface area (Å²) in [5.74, 6) is 1.56. The molecular formula is C27H36N4O. The molecule has 3 aromatic rings. The molecule has 1 aromatic heterocycles. The normalized spacial score (nSPS) is 20.6. The Morgan fingerprint density at radius 1 is 1.16 bits per heavy atom. The van der Waals surface area contributed by atoms with Gasteiger partial charge in [0.2, 0.25) is 11.9 Å². The van der Waals surface area contributed by atoms with E-state index in [4.69, 9.17) is 10.7 Å². The highest BCUT2D eigenvalue weighted by Gasteiger charge is 2.35. The summed E-state index contributed by atoms with van der Waals surface area (Å²) in [7, 11) is 0. The van der Waals surface area contributed by atoms with Gasteiger partial charge in [-0.3, -0.25) is 4.79 Å². The number of imidazole rings is 1. The summed E-state index contributed by atoms with van der Waals surface area (Å²) in [6.45, 7) is 13.4. The van der Waals surface area contributed by atoms with Crippen LogP contribution in [0.25, 0.3) is 11.0 Å². The maximum Gasteiger partial charge on any atom is 0.249 e. The van der Waals surface area contributed by atoms with E-state index >= 15 is 0 Å². The van der Waals surface area contributed by atoms with Crippen molar-refractivity contribution < 1.29 is 4.79 Å². The summed E-state index contributed by atoms with van der Waals surface area (Å²) in [5.41, 5.74) is 11.5. The van der Waals surface area contributed by atoms with E-state index in [1.165, 1.54) is 12.0 Å². The Bertz CT molecular complexity index is 1140. The van der Waals surface area contributed by atoms with E-state index in [-0.39, 0.29) is 5.41 Å². The largest absolute Gasteiger partial charge is 0.366 e. The summed E-state index contributed by atoms with van der Waals surface area (Å²) in [5, 5.41) is 3.58. The fourth-order valence-electron chi connectivity index (χ4n) is 5.59. The molecule has 0 bridgehead atoms. The van der Waals surface area contributed by atoms with Crippen molar-refractivity contribution in [1.82, 2.24) is 9.55 Å². The van der Waals surface area contributed by atoms with Crippen LogP contribution in [0.2, 0.25) is 0 Å². The third kappa shape index (κ3) is 4.25. The number of hydrogen-bond donors (Lipinski definition) is 2. The van der Waals surface area contributed by atoms with Gasteiger partial charge in [-0.25, -0.2) is 4.98 Å². The van der Waals surface area contributed by atoms with Crippen molar-refractivity contribution in [1.29, 1.82) is 0 Å². The Balaban J connectivity index is 1.83. The van der Waals surface area contributed by atoms with Gasteiger partial charge in [0.15, 0.2) is 0 Å². The number of nitrogens with two attached hydrogens (primary N) is 1. The van der Waals surface area contributed by atoms with Crippen LogP contribution in [0.5, 0.6) is 0 Å². The molecule has 2 atom stereocenters. The van der Waals surface area contributed by atoms with Crippen LogP contribution in [0.1, 0.15) is 87.3 Å². The van der Waals surface area contributed by atoms with Gasteiger partial charge in [0.25, 0.3) is 0 Å². The third-order valence-corrected chi connectivity index (χ3v) is 6.94. The molecular weight excluding hydrogens is 396 g/mol. The van der Waals surface area contributed by atoms with Crippen molar-refractivity contribution in [3.63, 3.8) is 0 Å². The van der Waals surface area contributed by atoms with E-state index in [1.54, 1.807) is 0 Å². The first kappa shape index (κ1) is 22.4. The van der Waals surface area contributed by atoms with Gasteiger partial charge in [-0.15, -0.1) is 0 Å². The van der Waals surface area contributed by atoms with Crippen LogP contribution in [0.15, 0.2) is 36.4 Å². The van der Waals surface area contributed by atoms with Crippen molar-refractivity contribution in [2.24, 2.45) is 17.1 Å². The minimum absolute atomic E-state index is 0.275. The van der Waals surface area contributed by atoms with Gasteiger partial charge in [0, 0.05) is 17.3 Å². The number of benzene rings is 2. The number of rotatable bonds is 5. The monoisotopic (exact) mass is 432 g/mol. The summed E-state index contributed by atoms with van der Waals surface area (Å²) in [6.07, 6.45) is 3.45. The zero-order valence-corrected chi connectivity index (χ0v) is 20.2. The van der Waals surface area contributed by atoms with Crippen molar-refractivity contribution in [3.05, 3.63) is 53.1 Å². The predicted octanol–water partition coefficient (Wildman–Crippen LogP) is 6.70. The van der Waals surface area contributed by atoms with E-state index in [0.29, 0.717) is 23.4 Å². The molecule has 1 saturated carbocycles. The second-order valence-electron chi connectivity index (χ2n) is 10.7. The lowest BCUT2D eigenvalue weighted by atomic mass is 9.70. The Kier molecular flexibility index (Phi) is 5.78. The van der Waals surface area contributed by atoms with Gasteiger partial charge >= 0.3 is 0 Å². The molecule has 0 aliphatic heterocycles. The lowest BCUT2D eigenvalue weighted by molar-refractivity contribution is 0.1000. The third-order valence-electron chi connectivity index (χ3n) is 6.94. The highest BCUT2D eigenvalue weighted by Crippen LogP contribution is 2.46. The number of aryl methyl sites for hydroxylation is 1. The molecule has 0 unspecified atom stereocenters. The Labute approximate surface area is 191 Å². The number of carbonyl (C=O) groups excluding carboxylic acids is 1. The van der Waals surface area contributed by atoms with Gasteiger partial charge in [0.05, 0.1) is 11.0 Å². The van der Waals surface area contributed by atoms with Crippen LogP contribution in [-0.2, 0) is 0 Å². The number of fused-ring (bicyclic) bond motifs is 1. The zero-order chi connectivity index (χ0) is 23.2. The lowest BCUT2D eigenvalue weighted by Crippen LogP contribution is -2.29. The first-order valence-corrected chi connectivity index (χ1v) is 11.7. The fraction of sp³-hybridized carbons (Fsp3) is 0.481. The molecule has 0 saturated heterocycles. The van der Waals surface area contributed by atoms with E-state index in [0.717, 1.165) is 41.1 Å². The topological polar surface area (TPSA) is 72.9 Å². The van der Waals surface area contributed by atoms with Gasteiger partial charge in [-0.05, 0) is 78.8 Å². The Morgan fingerprint density at radius 3 is 2.44 bits per heavy atom. The second kappa shape index (κ2) is 8.27. The molecule has 1 heterocycles.